The molecule has 1 fully saturated rings. The Kier molecular flexibility index (Phi) is 5.15. The average molecular weight is 421 g/mol. The van der Waals surface area contributed by atoms with E-state index in [-0.39, 0.29) is 24.4 Å². The van der Waals surface area contributed by atoms with Crippen LogP contribution in [0, 0.1) is 12.7 Å². The normalized spacial score (nSPS) is 18.7. The van der Waals surface area contributed by atoms with Gasteiger partial charge in [-0.3, -0.25) is 4.79 Å². The molecule has 1 aromatic heterocycles. The van der Waals surface area contributed by atoms with Crippen LogP contribution in [-0.4, -0.2) is 52.0 Å². The second-order valence-electron chi connectivity index (χ2n) is 7.98. The van der Waals surface area contributed by atoms with E-state index < -0.39 is 0 Å². The highest BCUT2D eigenvalue weighted by Crippen LogP contribution is 2.28. The molecule has 0 unspecified atom stereocenters. The molecule has 2 aliphatic rings. The third-order valence-electron chi connectivity index (χ3n) is 6.06. The maximum absolute atomic E-state index is 13.2. The summed E-state index contributed by atoms with van der Waals surface area (Å²) < 4.78 is 20.9. The lowest BCUT2D eigenvalue weighted by molar-refractivity contribution is -0.00199. The quantitative estimate of drug-likeness (QED) is 0.651. The van der Waals surface area contributed by atoms with Gasteiger partial charge in [0.1, 0.15) is 11.9 Å². The first-order chi connectivity index (χ1) is 15.1. The van der Waals surface area contributed by atoms with Crippen LogP contribution in [0.15, 0.2) is 48.5 Å². The number of fused-ring (bicyclic) bond motifs is 1. The zero-order chi connectivity index (χ0) is 21.4. The van der Waals surface area contributed by atoms with E-state index in [4.69, 9.17) is 4.74 Å². The third-order valence-corrected chi connectivity index (χ3v) is 6.06. The van der Waals surface area contributed by atoms with Crippen molar-refractivity contribution < 1.29 is 13.9 Å². The van der Waals surface area contributed by atoms with E-state index in [2.05, 4.69) is 34.3 Å². The molecule has 0 spiro atoms. The molecule has 0 saturated carbocycles. The summed E-state index contributed by atoms with van der Waals surface area (Å²) in [6.07, 6.45) is -0.240. The largest absolute Gasteiger partial charge is 0.368 e. The van der Waals surface area contributed by atoms with Crippen molar-refractivity contribution in [2.24, 2.45) is 0 Å². The minimum atomic E-state index is -0.281. The summed E-state index contributed by atoms with van der Waals surface area (Å²) in [6, 6.07) is 14.6. The summed E-state index contributed by atoms with van der Waals surface area (Å²) in [5, 5.41) is 8.37. The topological polar surface area (TPSA) is 63.5 Å². The second-order valence-corrected chi connectivity index (χ2v) is 7.98. The number of aryl methyl sites for hydroxylation is 1. The van der Waals surface area contributed by atoms with Gasteiger partial charge < -0.3 is 14.5 Å². The van der Waals surface area contributed by atoms with Crippen LogP contribution in [0.4, 0.5) is 10.1 Å². The highest BCUT2D eigenvalue weighted by atomic mass is 19.1. The Morgan fingerprint density at radius 1 is 1.06 bits per heavy atom. The number of aromatic nitrogens is 3. The Balaban J connectivity index is 1.26. The summed E-state index contributed by atoms with van der Waals surface area (Å²) in [4.78, 5) is 17.3. The first-order valence-corrected chi connectivity index (χ1v) is 10.5. The number of carbonyl (C=O) groups excluding carboxylic acids is 1. The van der Waals surface area contributed by atoms with Crippen molar-refractivity contribution >= 4 is 11.6 Å². The maximum Gasteiger partial charge on any atom is 0.276 e. The minimum Gasteiger partial charge on any atom is -0.368 e. The number of hydrogen-bond acceptors (Lipinski definition) is 5. The summed E-state index contributed by atoms with van der Waals surface area (Å²) >= 11 is 0. The molecule has 0 aliphatic carbocycles. The average Bonchev–Trinajstić information content (AvgIpc) is 3.23. The molecule has 1 atom stereocenters. The van der Waals surface area contributed by atoms with Crippen molar-refractivity contribution in [3.05, 3.63) is 76.9 Å². The van der Waals surface area contributed by atoms with Crippen LogP contribution in [-0.2, 0) is 17.9 Å². The van der Waals surface area contributed by atoms with Crippen molar-refractivity contribution in [2.75, 3.05) is 31.1 Å². The number of benzene rings is 2. The number of para-hydroxylation sites is 1. The van der Waals surface area contributed by atoms with Crippen molar-refractivity contribution in [2.45, 2.75) is 26.2 Å². The van der Waals surface area contributed by atoms with Gasteiger partial charge in [-0.15, -0.1) is 5.10 Å². The number of carbonyl (C=O) groups is 1. The fraction of sp³-hybridized carbons (Fsp3) is 0.348. The van der Waals surface area contributed by atoms with E-state index in [1.165, 1.54) is 23.4 Å². The van der Waals surface area contributed by atoms with E-state index >= 15 is 0 Å². The van der Waals surface area contributed by atoms with Crippen molar-refractivity contribution in [1.82, 2.24) is 19.9 Å². The van der Waals surface area contributed by atoms with Crippen LogP contribution in [0.2, 0.25) is 0 Å². The number of halogens is 1. The maximum atomic E-state index is 13.2. The Labute approximate surface area is 180 Å². The van der Waals surface area contributed by atoms with Crippen LogP contribution in [0.25, 0.3) is 0 Å². The second kappa shape index (κ2) is 8.11. The lowest BCUT2D eigenvalue weighted by atomic mass is 10.1. The standard InChI is InChI=1S/C23H24FN5O2/c1-16-4-2-3-5-19(16)27-10-12-28(13-11-27)23(30)22-20-15-31-21(14-29(20)26-25-22)17-6-8-18(24)9-7-17/h2-9,21H,10-15H2,1H3/t21-/m1/s1. The fourth-order valence-corrected chi connectivity index (χ4v) is 4.28. The molecule has 2 aromatic carbocycles. The van der Waals surface area contributed by atoms with Crippen LogP contribution in [0.3, 0.4) is 0 Å². The van der Waals surface area contributed by atoms with Crippen molar-refractivity contribution in [3.8, 4) is 0 Å². The van der Waals surface area contributed by atoms with E-state index in [1.54, 1.807) is 16.8 Å². The number of hydrogen-bond donors (Lipinski definition) is 0. The fourth-order valence-electron chi connectivity index (χ4n) is 4.28. The molecular weight excluding hydrogens is 397 g/mol. The lowest BCUT2D eigenvalue weighted by Gasteiger charge is -2.36. The van der Waals surface area contributed by atoms with E-state index in [1.807, 2.05) is 17.0 Å². The van der Waals surface area contributed by atoms with E-state index in [0.29, 0.717) is 31.0 Å². The lowest BCUT2D eigenvalue weighted by Crippen LogP contribution is -2.49. The number of piperazine rings is 1. The monoisotopic (exact) mass is 421 g/mol. The molecule has 7 nitrogen and oxygen atoms in total. The highest BCUT2D eigenvalue weighted by molar-refractivity contribution is 5.93. The molecule has 1 saturated heterocycles. The number of ether oxygens (including phenoxy) is 1. The summed E-state index contributed by atoms with van der Waals surface area (Å²) in [6.45, 7) is 5.64. The molecule has 1 amide bonds. The molecule has 3 aromatic rings. The predicted molar refractivity (Wildman–Crippen MR) is 113 cm³/mol. The summed E-state index contributed by atoms with van der Waals surface area (Å²) in [5.74, 6) is -0.383. The van der Waals surface area contributed by atoms with Gasteiger partial charge >= 0.3 is 0 Å². The van der Waals surface area contributed by atoms with Gasteiger partial charge in [0.15, 0.2) is 5.69 Å². The number of anilines is 1. The van der Waals surface area contributed by atoms with Crippen molar-refractivity contribution in [3.63, 3.8) is 0 Å². The smallest absolute Gasteiger partial charge is 0.276 e. The van der Waals surface area contributed by atoms with Crippen LogP contribution in [0.1, 0.15) is 33.4 Å². The van der Waals surface area contributed by atoms with Crippen LogP contribution in [0.5, 0.6) is 0 Å². The molecule has 2 aliphatic heterocycles. The molecule has 5 rings (SSSR count). The zero-order valence-corrected chi connectivity index (χ0v) is 17.4. The van der Waals surface area contributed by atoms with Gasteiger partial charge in [0.2, 0.25) is 0 Å². The van der Waals surface area contributed by atoms with Crippen LogP contribution < -0.4 is 4.90 Å². The Morgan fingerprint density at radius 3 is 2.55 bits per heavy atom. The van der Waals surface area contributed by atoms with E-state index in [9.17, 15) is 9.18 Å². The Bertz CT molecular complexity index is 1090. The molecule has 0 bridgehead atoms. The van der Waals surface area contributed by atoms with Gasteiger partial charge in [-0.2, -0.15) is 0 Å². The first-order valence-electron chi connectivity index (χ1n) is 10.5. The molecule has 0 N–H and O–H groups in total. The predicted octanol–water partition coefficient (Wildman–Crippen LogP) is 2.96. The SMILES string of the molecule is Cc1ccccc1N1CCN(C(=O)c2nnn3c2CO[C@@H](c2ccc(F)cc2)C3)CC1. The van der Waals surface area contributed by atoms with Gasteiger partial charge in [-0.05, 0) is 36.2 Å². The van der Waals surface area contributed by atoms with Gasteiger partial charge in [0.05, 0.1) is 18.8 Å². The van der Waals surface area contributed by atoms with Gasteiger partial charge in [-0.1, -0.05) is 35.5 Å². The Hall–Kier alpha value is -3.26. The summed E-state index contributed by atoms with van der Waals surface area (Å²) in [7, 11) is 0. The van der Waals surface area contributed by atoms with Gasteiger partial charge in [0, 0.05) is 31.9 Å². The molecule has 160 valence electrons. The highest BCUT2D eigenvalue weighted by Gasteiger charge is 2.31. The number of amides is 1. The third kappa shape index (κ3) is 3.79. The molecule has 0 radical (unpaired) electrons. The zero-order valence-electron chi connectivity index (χ0n) is 17.4. The Morgan fingerprint density at radius 2 is 1.81 bits per heavy atom. The number of nitrogens with zero attached hydrogens (tertiary/aromatic N) is 5. The minimum absolute atomic E-state index is 0.102. The molecule has 3 heterocycles. The summed E-state index contributed by atoms with van der Waals surface area (Å²) in [5.41, 5.74) is 4.40. The molecule has 8 heteroatoms. The van der Waals surface area contributed by atoms with Crippen molar-refractivity contribution in [1.29, 1.82) is 0 Å². The van der Waals surface area contributed by atoms with E-state index in [0.717, 1.165) is 18.7 Å². The number of rotatable bonds is 3. The van der Waals surface area contributed by atoms with Gasteiger partial charge in [-0.25, -0.2) is 9.07 Å². The van der Waals surface area contributed by atoms with Crippen LogP contribution >= 0.6 is 0 Å². The molecular formula is C23H24FN5O2. The van der Waals surface area contributed by atoms with Gasteiger partial charge in [0.25, 0.3) is 5.91 Å². The first kappa shape index (κ1) is 19.7. The molecule has 31 heavy (non-hydrogen) atoms.